The van der Waals surface area contributed by atoms with Crippen molar-refractivity contribution in [2.45, 2.75) is 19.9 Å². The summed E-state index contributed by atoms with van der Waals surface area (Å²) in [6.45, 7) is 3.28. The van der Waals surface area contributed by atoms with E-state index in [0.29, 0.717) is 6.54 Å². The van der Waals surface area contributed by atoms with E-state index in [4.69, 9.17) is 16.3 Å². The van der Waals surface area contributed by atoms with Crippen molar-refractivity contribution >= 4 is 29.1 Å². The quantitative estimate of drug-likeness (QED) is 0.578. The van der Waals surface area contributed by atoms with Crippen LogP contribution in [0.3, 0.4) is 0 Å². The molecule has 2 amide bonds. The van der Waals surface area contributed by atoms with Crippen molar-refractivity contribution in [3.63, 3.8) is 0 Å². The lowest BCUT2D eigenvalue weighted by molar-refractivity contribution is -0.385. The molecule has 0 fully saturated rings. The summed E-state index contributed by atoms with van der Waals surface area (Å²) in [5.41, 5.74) is -0.336. The van der Waals surface area contributed by atoms with E-state index in [0.717, 1.165) is 6.07 Å². The third kappa shape index (κ3) is 5.21. The average molecular weight is 330 g/mol. The van der Waals surface area contributed by atoms with Gasteiger partial charge >= 0.3 is 5.69 Å². The highest BCUT2D eigenvalue weighted by Crippen LogP contribution is 2.29. The monoisotopic (exact) mass is 329 g/mol. The number of benzene rings is 1. The van der Waals surface area contributed by atoms with E-state index >= 15 is 0 Å². The highest BCUT2D eigenvalue weighted by Gasteiger charge is 2.18. The van der Waals surface area contributed by atoms with Gasteiger partial charge in [0.1, 0.15) is 6.04 Å². The molecule has 0 saturated carbocycles. The van der Waals surface area contributed by atoms with Crippen molar-refractivity contribution in [1.82, 2.24) is 10.6 Å². The van der Waals surface area contributed by atoms with Crippen molar-refractivity contribution < 1.29 is 19.2 Å². The molecule has 0 aliphatic heterocycles. The van der Waals surface area contributed by atoms with Gasteiger partial charge in [0.15, 0.2) is 12.4 Å². The van der Waals surface area contributed by atoms with Crippen LogP contribution >= 0.6 is 11.6 Å². The molecular formula is C13H16ClN3O5. The van der Waals surface area contributed by atoms with Gasteiger partial charge in [-0.15, -0.1) is 0 Å². The van der Waals surface area contributed by atoms with Crippen molar-refractivity contribution in [2.24, 2.45) is 0 Å². The molecular weight excluding hydrogens is 314 g/mol. The van der Waals surface area contributed by atoms with Crippen LogP contribution in [-0.2, 0) is 9.59 Å². The minimum absolute atomic E-state index is 0.0739. The number of nitro benzene ring substituents is 1. The van der Waals surface area contributed by atoms with Crippen molar-refractivity contribution in [3.8, 4) is 5.75 Å². The molecule has 1 rings (SSSR count). The third-order valence-corrected chi connectivity index (χ3v) is 2.83. The second-order valence-corrected chi connectivity index (χ2v) is 4.78. The van der Waals surface area contributed by atoms with Crippen LogP contribution in [0.15, 0.2) is 18.2 Å². The lowest BCUT2D eigenvalue weighted by atomic mass is 10.3. The number of hydrogen-bond donors (Lipinski definition) is 2. The third-order valence-electron chi connectivity index (χ3n) is 2.60. The van der Waals surface area contributed by atoms with Gasteiger partial charge in [-0.3, -0.25) is 19.7 Å². The Labute approximate surface area is 131 Å². The molecule has 0 aliphatic carbocycles. The molecule has 9 heteroatoms. The maximum absolute atomic E-state index is 11.7. The molecule has 120 valence electrons. The number of halogens is 1. The second-order valence-electron chi connectivity index (χ2n) is 4.34. The smallest absolute Gasteiger partial charge is 0.312 e. The largest absolute Gasteiger partial charge is 0.477 e. The maximum Gasteiger partial charge on any atom is 0.312 e. The van der Waals surface area contributed by atoms with Gasteiger partial charge < -0.3 is 15.4 Å². The van der Waals surface area contributed by atoms with Crippen LogP contribution in [0.2, 0.25) is 5.02 Å². The average Bonchev–Trinajstić information content (AvgIpc) is 2.45. The molecule has 1 aromatic rings. The zero-order valence-electron chi connectivity index (χ0n) is 12.1. The SMILES string of the molecule is CCNC(=O)[C@@H](C)NC(=O)COc1ccc(Cl)cc1[N+](=O)[O-]. The van der Waals surface area contributed by atoms with Crippen LogP contribution in [0.25, 0.3) is 0 Å². The first-order valence-corrected chi connectivity index (χ1v) is 6.86. The zero-order chi connectivity index (χ0) is 16.7. The van der Waals surface area contributed by atoms with E-state index < -0.39 is 23.5 Å². The lowest BCUT2D eigenvalue weighted by Gasteiger charge is -2.13. The molecule has 22 heavy (non-hydrogen) atoms. The van der Waals surface area contributed by atoms with Crippen LogP contribution < -0.4 is 15.4 Å². The zero-order valence-corrected chi connectivity index (χ0v) is 12.8. The summed E-state index contributed by atoms with van der Waals surface area (Å²) in [7, 11) is 0. The maximum atomic E-state index is 11.7. The predicted octanol–water partition coefficient (Wildman–Crippen LogP) is 1.27. The van der Waals surface area contributed by atoms with E-state index in [1.165, 1.54) is 19.1 Å². The number of carbonyl (C=O) groups is 2. The summed E-state index contributed by atoms with van der Waals surface area (Å²) in [4.78, 5) is 33.3. The number of ether oxygens (including phenoxy) is 1. The molecule has 1 aromatic carbocycles. The normalized spacial score (nSPS) is 11.4. The standard InChI is InChI=1S/C13H16ClN3O5/c1-3-15-13(19)8(2)16-12(18)7-22-11-5-4-9(14)6-10(11)17(20)21/h4-6,8H,3,7H2,1-2H3,(H,15,19)(H,16,18)/t8-/m1/s1. The van der Waals surface area contributed by atoms with Crippen molar-refractivity contribution in [2.75, 3.05) is 13.2 Å². The van der Waals surface area contributed by atoms with Gasteiger partial charge in [-0.1, -0.05) is 11.6 Å². The van der Waals surface area contributed by atoms with E-state index in [9.17, 15) is 19.7 Å². The predicted molar refractivity (Wildman–Crippen MR) is 79.9 cm³/mol. The fraction of sp³-hybridized carbons (Fsp3) is 0.385. The number of amides is 2. The number of nitrogens with zero attached hydrogens (tertiary/aromatic N) is 1. The Morgan fingerprint density at radius 1 is 1.45 bits per heavy atom. The van der Waals surface area contributed by atoms with Crippen LogP contribution in [0, 0.1) is 10.1 Å². The number of rotatable bonds is 7. The summed E-state index contributed by atoms with van der Waals surface area (Å²) in [5, 5.41) is 16.0. The Kier molecular flexibility index (Phi) is 6.58. The first kappa shape index (κ1) is 17.7. The van der Waals surface area contributed by atoms with E-state index in [1.54, 1.807) is 6.92 Å². The van der Waals surface area contributed by atoms with Crippen LogP contribution in [-0.4, -0.2) is 35.9 Å². The molecule has 2 N–H and O–H groups in total. The minimum atomic E-state index is -0.726. The molecule has 0 bridgehead atoms. The second kappa shape index (κ2) is 8.18. The number of likely N-dealkylation sites (N-methyl/N-ethyl adjacent to an activating group) is 1. The Morgan fingerprint density at radius 2 is 2.14 bits per heavy atom. The summed E-state index contributed by atoms with van der Waals surface area (Å²) in [6, 6.07) is 3.13. The molecule has 1 atom stereocenters. The molecule has 0 radical (unpaired) electrons. The van der Waals surface area contributed by atoms with Gasteiger partial charge in [-0.2, -0.15) is 0 Å². The minimum Gasteiger partial charge on any atom is -0.477 e. The summed E-state index contributed by atoms with van der Waals surface area (Å²) < 4.78 is 5.11. The summed E-state index contributed by atoms with van der Waals surface area (Å²) in [5.74, 6) is -0.966. The number of nitrogens with one attached hydrogen (secondary N) is 2. The van der Waals surface area contributed by atoms with Crippen LogP contribution in [0.1, 0.15) is 13.8 Å². The summed E-state index contributed by atoms with van der Waals surface area (Å²) >= 11 is 5.67. The molecule has 0 aromatic heterocycles. The molecule has 8 nitrogen and oxygen atoms in total. The molecule has 0 heterocycles. The number of carbonyl (C=O) groups excluding carboxylic acids is 2. The first-order valence-electron chi connectivity index (χ1n) is 6.49. The first-order chi connectivity index (χ1) is 10.3. The fourth-order valence-electron chi connectivity index (χ4n) is 1.57. The highest BCUT2D eigenvalue weighted by atomic mass is 35.5. The highest BCUT2D eigenvalue weighted by molar-refractivity contribution is 6.30. The van der Waals surface area contributed by atoms with Gasteiger partial charge in [0.2, 0.25) is 5.91 Å². The van der Waals surface area contributed by atoms with Gasteiger partial charge in [-0.25, -0.2) is 0 Å². The molecule has 0 spiro atoms. The van der Waals surface area contributed by atoms with Gasteiger partial charge in [-0.05, 0) is 26.0 Å². The Hall–Kier alpha value is -2.35. The number of nitro groups is 1. The van der Waals surface area contributed by atoms with Crippen LogP contribution in [0.4, 0.5) is 5.69 Å². The van der Waals surface area contributed by atoms with E-state index in [-0.39, 0.29) is 22.4 Å². The van der Waals surface area contributed by atoms with E-state index in [1.807, 2.05) is 0 Å². The molecule has 0 saturated heterocycles. The Balaban J connectivity index is 2.61. The van der Waals surface area contributed by atoms with Gasteiger partial charge in [0.25, 0.3) is 5.91 Å². The fourth-order valence-corrected chi connectivity index (χ4v) is 1.74. The van der Waals surface area contributed by atoms with Gasteiger partial charge in [0.05, 0.1) is 4.92 Å². The Bertz CT molecular complexity index is 579. The van der Waals surface area contributed by atoms with Crippen LogP contribution in [0.5, 0.6) is 5.75 Å². The number of hydrogen-bond acceptors (Lipinski definition) is 5. The topological polar surface area (TPSA) is 111 Å². The van der Waals surface area contributed by atoms with Crippen molar-refractivity contribution in [3.05, 3.63) is 33.3 Å². The molecule has 0 aliphatic rings. The van der Waals surface area contributed by atoms with Gasteiger partial charge in [0, 0.05) is 17.6 Å². The summed E-state index contributed by atoms with van der Waals surface area (Å²) in [6.07, 6.45) is 0. The Morgan fingerprint density at radius 3 is 2.73 bits per heavy atom. The van der Waals surface area contributed by atoms with E-state index in [2.05, 4.69) is 10.6 Å². The lowest BCUT2D eigenvalue weighted by Crippen LogP contribution is -2.46. The van der Waals surface area contributed by atoms with Crippen molar-refractivity contribution in [1.29, 1.82) is 0 Å². The molecule has 0 unspecified atom stereocenters.